The third-order valence-electron chi connectivity index (χ3n) is 2.21. The average Bonchev–Trinajstić information content (AvgIpc) is 2.71. The van der Waals surface area contributed by atoms with Crippen LogP contribution in [-0.4, -0.2) is 32.1 Å². The summed E-state index contributed by atoms with van der Waals surface area (Å²) in [5.74, 6) is -1.91. The highest BCUT2D eigenvalue weighted by Gasteiger charge is 2.27. The normalized spacial score (nSPS) is 9.84. The fourth-order valence-electron chi connectivity index (χ4n) is 1.38. The average molecular weight is 287 g/mol. The number of nitrogens with two attached hydrogens (primary N) is 1. The minimum Gasteiger partial charge on any atom is -0.465 e. The second-order valence-corrected chi connectivity index (χ2v) is 4.46. The minimum absolute atomic E-state index is 0.0224. The number of anilines is 1. The van der Waals surface area contributed by atoms with Crippen LogP contribution in [0.25, 0.3) is 0 Å². The standard InChI is InChI=1S/C11H13NO6S/c1-5(13)18-4-6-7(10(14)16-2)9(12)19-8(6)11(15)17-3/h4,12H2,1-3H3. The van der Waals surface area contributed by atoms with Gasteiger partial charge in [0, 0.05) is 12.5 Å². The van der Waals surface area contributed by atoms with Crippen LogP contribution in [0.3, 0.4) is 0 Å². The van der Waals surface area contributed by atoms with Crippen LogP contribution in [0.15, 0.2) is 0 Å². The Kier molecular flexibility index (Phi) is 4.87. The predicted octanol–water partition coefficient (Wildman–Crippen LogP) is 0.967. The van der Waals surface area contributed by atoms with Gasteiger partial charge in [-0.25, -0.2) is 9.59 Å². The zero-order chi connectivity index (χ0) is 14.6. The van der Waals surface area contributed by atoms with Gasteiger partial charge < -0.3 is 19.9 Å². The maximum Gasteiger partial charge on any atom is 0.348 e. The van der Waals surface area contributed by atoms with Crippen molar-refractivity contribution in [1.29, 1.82) is 0 Å². The van der Waals surface area contributed by atoms with Gasteiger partial charge in [0.05, 0.1) is 14.2 Å². The third kappa shape index (κ3) is 3.22. The van der Waals surface area contributed by atoms with Gasteiger partial charge in [-0.15, -0.1) is 11.3 Å². The van der Waals surface area contributed by atoms with E-state index in [1.807, 2.05) is 0 Å². The number of carbonyl (C=O) groups excluding carboxylic acids is 3. The Morgan fingerprint density at radius 2 is 1.74 bits per heavy atom. The van der Waals surface area contributed by atoms with Gasteiger partial charge in [-0.3, -0.25) is 4.79 Å². The number of esters is 3. The van der Waals surface area contributed by atoms with Gasteiger partial charge in [-0.2, -0.15) is 0 Å². The zero-order valence-electron chi connectivity index (χ0n) is 10.6. The van der Waals surface area contributed by atoms with E-state index in [9.17, 15) is 14.4 Å². The molecule has 2 N–H and O–H groups in total. The molecule has 1 aromatic heterocycles. The van der Waals surface area contributed by atoms with E-state index in [2.05, 4.69) is 9.47 Å². The second kappa shape index (κ2) is 6.19. The molecule has 1 rings (SSSR count). The summed E-state index contributed by atoms with van der Waals surface area (Å²) in [6, 6.07) is 0. The van der Waals surface area contributed by atoms with Crippen LogP contribution >= 0.6 is 11.3 Å². The largest absolute Gasteiger partial charge is 0.465 e. The van der Waals surface area contributed by atoms with Crippen molar-refractivity contribution < 1.29 is 28.6 Å². The summed E-state index contributed by atoms with van der Waals surface area (Å²) in [4.78, 5) is 34.2. The van der Waals surface area contributed by atoms with E-state index in [4.69, 9.17) is 10.5 Å². The lowest BCUT2D eigenvalue weighted by molar-refractivity contribution is -0.142. The lowest BCUT2D eigenvalue weighted by atomic mass is 10.1. The van der Waals surface area contributed by atoms with Crippen LogP contribution < -0.4 is 5.73 Å². The lowest BCUT2D eigenvalue weighted by Crippen LogP contribution is -2.11. The van der Waals surface area contributed by atoms with Crippen LogP contribution in [0.2, 0.25) is 0 Å². The van der Waals surface area contributed by atoms with Crippen molar-refractivity contribution in [3.63, 3.8) is 0 Å². The van der Waals surface area contributed by atoms with Crippen molar-refractivity contribution in [2.45, 2.75) is 13.5 Å². The Hall–Kier alpha value is -2.09. The smallest absolute Gasteiger partial charge is 0.348 e. The van der Waals surface area contributed by atoms with Gasteiger partial charge in [0.15, 0.2) is 0 Å². The Balaban J connectivity index is 3.28. The third-order valence-corrected chi connectivity index (χ3v) is 3.26. The fourth-order valence-corrected chi connectivity index (χ4v) is 2.36. The van der Waals surface area contributed by atoms with Gasteiger partial charge in [0.2, 0.25) is 0 Å². The van der Waals surface area contributed by atoms with E-state index in [0.29, 0.717) is 0 Å². The van der Waals surface area contributed by atoms with Gasteiger partial charge in [-0.05, 0) is 0 Å². The topological polar surface area (TPSA) is 105 Å². The summed E-state index contributed by atoms with van der Waals surface area (Å²) in [7, 11) is 2.39. The molecule has 0 amide bonds. The van der Waals surface area contributed by atoms with Crippen molar-refractivity contribution in [1.82, 2.24) is 0 Å². The maximum absolute atomic E-state index is 11.6. The molecule has 0 saturated carbocycles. The molecule has 0 aliphatic heterocycles. The molecule has 8 heteroatoms. The van der Waals surface area contributed by atoms with Gasteiger partial charge in [0.1, 0.15) is 22.0 Å². The Morgan fingerprint density at radius 3 is 2.21 bits per heavy atom. The predicted molar refractivity (Wildman–Crippen MR) is 66.9 cm³/mol. The second-order valence-electron chi connectivity index (χ2n) is 3.41. The van der Waals surface area contributed by atoms with Crippen molar-refractivity contribution in [2.24, 2.45) is 0 Å². The Morgan fingerprint density at radius 1 is 1.16 bits per heavy atom. The van der Waals surface area contributed by atoms with Crippen molar-refractivity contribution >= 4 is 34.2 Å². The molecule has 0 fully saturated rings. The quantitative estimate of drug-likeness (QED) is 0.649. The molecular weight excluding hydrogens is 274 g/mol. The van der Waals surface area contributed by atoms with Crippen LogP contribution in [0.1, 0.15) is 32.5 Å². The minimum atomic E-state index is -0.703. The van der Waals surface area contributed by atoms with Crippen molar-refractivity contribution in [3.8, 4) is 0 Å². The number of nitrogen functional groups attached to an aromatic ring is 1. The molecule has 0 aromatic carbocycles. The van der Waals surface area contributed by atoms with E-state index in [1.165, 1.54) is 21.1 Å². The number of hydrogen-bond donors (Lipinski definition) is 1. The van der Waals surface area contributed by atoms with E-state index >= 15 is 0 Å². The first-order chi connectivity index (χ1) is 8.92. The molecule has 0 bridgehead atoms. The molecule has 0 spiro atoms. The fraction of sp³-hybridized carbons (Fsp3) is 0.364. The van der Waals surface area contributed by atoms with Crippen molar-refractivity contribution in [2.75, 3.05) is 20.0 Å². The summed E-state index contributed by atoms with van der Waals surface area (Å²) < 4.78 is 14.0. The molecule has 0 radical (unpaired) electrons. The number of thiophene rings is 1. The SMILES string of the molecule is COC(=O)c1sc(N)c(C(=O)OC)c1COC(C)=O. The van der Waals surface area contributed by atoms with E-state index < -0.39 is 17.9 Å². The summed E-state index contributed by atoms with van der Waals surface area (Å²) in [5, 5.41) is 0.106. The van der Waals surface area contributed by atoms with Crippen LogP contribution in [0, 0.1) is 0 Å². The Bertz CT molecular complexity index is 522. The number of rotatable bonds is 4. The zero-order valence-corrected chi connectivity index (χ0v) is 11.5. The summed E-state index contributed by atoms with van der Waals surface area (Å²) in [5.41, 5.74) is 5.90. The van der Waals surface area contributed by atoms with E-state index in [0.717, 1.165) is 11.3 Å². The molecule has 0 aliphatic rings. The molecule has 104 valence electrons. The highest BCUT2D eigenvalue weighted by molar-refractivity contribution is 7.18. The van der Waals surface area contributed by atoms with Gasteiger partial charge in [-0.1, -0.05) is 0 Å². The Labute approximate surface area is 113 Å². The molecule has 1 heterocycles. The first-order valence-electron chi connectivity index (χ1n) is 5.13. The molecule has 0 aliphatic carbocycles. The first kappa shape index (κ1) is 15.0. The number of methoxy groups -OCH3 is 2. The van der Waals surface area contributed by atoms with E-state index in [-0.39, 0.29) is 27.6 Å². The molecule has 7 nitrogen and oxygen atoms in total. The maximum atomic E-state index is 11.6. The van der Waals surface area contributed by atoms with E-state index in [1.54, 1.807) is 0 Å². The monoisotopic (exact) mass is 287 g/mol. The molecule has 1 aromatic rings. The van der Waals surface area contributed by atoms with Crippen LogP contribution in [0.5, 0.6) is 0 Å². The summed E-state index contributed by atoms with van der Waals surface area (Å²) in [6.45, 7) is 0.962. The number of carbonyl (C=O) groups is 3. The summed E-state index contributed by atoms with van der Waals surface area (Å²) in [6.07, 6.45) is 0. The number of hydrogen-bond acceptors (Lipinski definition) is 8. The molecule has 0 atom stereocenters. The van der Waals surface area contributed by atoms with Crippen LogP contribution in [0.4, 0.5) is 5.00 Å². The molecule has 19 heavy (non-hydrogen) atoms. The molecule has 0 saturated heterocycles. The molecule has 0 unspecified atom stereocenters. The van der Waals surface area contributed by atoms with Crippen LogP contribution in [-0.2, 0) is 25.6 Å². The highest BCUT2D eigenvalue weighted by atomic mass is 32.1. The molecular formula is C11H13NO6S. The first-order valence-corrected chi connectivity index (χ1v) is 5.95. The lowest BCUT2D eigenvalue weighted by Gasteiger charge is -2.06. The van der Waals surface area contributed by atoms with Gasteiger partial charge in [0.25, 0.3) is 0 Å². The number of ether oxygens (including phenoxy) is 3. The van der Waals surface area contributed by atoms with Crippen molar-refractivity contribution in [3.05, 3.63) is 16.0 Å². The summed E-state index contributed by atoms with van der Waals surface area (Å²) >= 11 is 0.880. The highest BCUT2D eigenvalue weighted by Crippen LogP contribution is 2.32. The van der Waals surface area contributed by atoms with Gasteiger partial charge >= 0.3 is 17.9 Å².